The van der Waals surface area contributed by atoms with Gasteiger partial charge in [-0.05, 0) is 13.8 Å². The standard InChI is InChI=1S/C6H11NO/c1-5(2)7-4-6(3)8/h4-5H,1-3H3. The van der Waals surface area contributed by atoms with Crippen LogP contribution in [-0.4, -0.2) is 18.0 Å². The van der Waals surface area contributed by atoms with E-state index in [1.165, 1.54) is 13.1 Å². The van der Waals surface area contributed by atoms with Crippen LogP contribution in [0.25, 0.3) is 0 Å². The third-order valence-corrected chi connectivity index (χ3v) is 0.554. The third kappa shape index (κ3) is 5.34. The molecule has 0 aromatic rings. The van der Waals surface area contributed by atoms with Crippen molar-refractivity contribution in [2.45, 2.75) is 26.8 Å². The molecule has 0 spiro atoms. The Kier molecular flexibility index (Phi) is 3.08. The molecule has 0 fully saturated rings. The maximum Gasteiger partial charge on any atom is 0.170 e. The van der Waals surface area contributed by atoms with Crippen molar-refractivity contribution in [2.75, 3.05) is 0 Å². The molecule has 0 saturated carbocycles. The van der Waals surface area contributed by atoms with Crippen LogP contribution in [0.4, 0.5) is 0 Å². The first-order valence-electron chi connectivity index (χ1n) is 2.66. The Morgan fingerprint density at radius 1 is 1.62 bits per heavy atom. The minimum Gasteiger partial charge on any atom is -0.293 e. The van der Waals surface area contributed by atoms with Crippen LogP contribution in [0.5, 0.6) is 0 Å². The normalized spacial score (nSPS) is 11.0. The second-order valence-corrected chi connectivity index (χ2v) is 1.98. The van der Waals surface area contributed by atoms with Crippen LogP contribution in [0.1, 0.15) is 20.8 Å². The minimum absolute atomic E-state index is 0.0127. The molecule has 0 heterocycles. The number of aliphatic imine (C=N–C) groups is 1. The molecule has 8 heavy (non-hydrogen) atoms. The van der Waals surface area contributed by atoms with E-state index in [2.05, 4.69) is 4.99 Å². The Hall–Kier alpha value is -0.660. The first-order valence-corrected chi connectivity index (χ1v) is 2.66. The Labute approximate surface area is 49.6 Å². The van der Waals surface area contributed by atoms with Gasteiger partial charge in [0.2, 0.25) is 0 Å². The second kappa shape index (κ2) is 3.36. The Morgan fingerprint density at radius 3 is 2.25 bits per heavy atom. The smallest absolute Gasteiger partial charge is 0.170 e. The molecule has 0 rings (SSSR count). The number of carbonyl (C=O) groups excluding carboxylic acids is 1. The van der Waals surface area contributed by atoms with Gasteiger partial charge in [-0.25, -0.2) is 0 Å². The molecular formula is C6H11NO. The average Bonchev–Trinajstić information content (AvgIpc) is 1.61. The molecule has 2 nitrogen and oxygen atoms in total. The van der Waals surface area contributed by atoms with Crippen LogP contribution in [-0.2, 0) is 4.79 Å². The molecule has 0 aliphatic carbocycles. The van der Waals surface area contributed by atoms with Gasteiger partial charge in [0.05, 0.1) is 6.21 Å². The summed E-state index contributed by atoms with van der Waals surface area (Å²) < 4.78 is 0. The SMILES string of the molecule is CC(=O)C=NC(C)C. The highest BCUT2D eigenvalue weighted by Crippen LogP contribution is 1.81. The van der Waals surface area contributed by atoms with Crippen molar-refractivity contribution in [1.29, 1.82) is 0 Å². The Morgan fingerprint density at radius 2 is 2.12 bits per heavy atom. The summed E-state index contributed by atoms with van der Waals surface area (Å²) in [5, 5.41) is 0. The zero-order chi connectivity index (χ0) is 6.57. The zero-order valence-electron chi connectivity index (χ0n) is 5.51. The fourth-order valence-electron chi connectivity index (χ4n) is 0.254. The van der Waals surface area contributed by atoms with E-state index < -0.39 is 0 Å². The maximum atomic E-state index is 10.2. The van der Waals surface area contributed by atoms with Crippen molar-refractivity contribution in [2.24, 2.45) is 4.99 Å². The van der Waals surface area contributed by atoms with Crippen LogP contribution in [0.2, 0.25) is 0 Å². The molecule has 0 saturated heterocycles. The summed E-state index contributed by atoms with van der Waals surface area (Å²) in [6.45, 7) is 5.35. The number of hydrogen-bond donors (Lipinski definition) is 0. The summed E-state index contributed by atoms with van der Waals surface area (Å²) in [4.78, 5) is 14.0. The number of ketones is 1. The van der Waals surface area contributed by atoms with E-state index in [4.69, 9.17) is 0 Å². The van der Waals surface area contributed by atoms with E-state index in [-0.39, 0.29) is 11.8 Å². The second-order valence-electron chi connectivity index (χ2n) is 1.98. The Bertz CT molecular complexity index is 105. The quantitative estimate of drug-likeness (QED) is 0.492. The summed E-state index contributed by atoms with van der Waals surface area (Å²) >= 11 is 0. The van der Waals surface area contributed by atoms with E-state index in [9.17, 15) is 4.79 Å². The van der Waals surface area contributed by atoms with Crippen LogP contribution >= 0.6 is 0 Å². The summed E-state index contributed by atoms with van der Waals surface area (Å²) in [5.41, 5.74) is 0. The molecule has 0 atom stereocenters. The lowest BCUT2D eigenvalue weighted by molar-refractivity contribution is -0.110. The molecule has 2 heteroatoms. The van der Waals surface area contributed by atoms with Crippen molar-refractivity contribution < 1.29 is 4.79 Å². The van der Waals surface area contributed by atoms with Crippen molar-refractivity contribution in [3.8, 4) is 0 Å². The van der Waals surface area contributed by atoms with Crippen molar-refractivity contribution in [1.82, 2.24) is 0 Å². The van der Waals surface area contributed by atoms with Gasteiger partial charge in [0.25, 0.3) is 0 Å². The molecule has 0 aliphatic heterocycles. The predicted molar refractivity (Wildman–Crippen MR) is 34.3 cm³/mol. The zero-order valence-corrected chi connectivity index (χ0v) is 5.51. The van der Waals surface area contributed by atoms with E-state index in [1.807, 2.05) is 13.8 Å². The van der Waals surface area contributed by atoms with Gasteiger partial charge >= 0.3 is 0 Å². The van der Waals surface area contributed by atoms with Crippen LogP contribution < -0.4 is 0 Å². The van der Waals surface area contributed by atoms with Crippen LogP contribution in [0, 0.1) is 0 Å². The average molecular weight is 113 g/mol. The molecule has 0 aromatic heterocycles. The molecule has 0 aromatic carbocycles. The van der Waals surface area contributed by atoms with Crippen molar-refractivity contribution in [3.63, 3.8) is 0 Å². The van der Waals surface area contributed by atoms with Crippen LogP contribution in [0.3, 0.4) is 0 Å². The van der Waals surface area contributed by atoms with Gasteiger partial charge < -0.3 is 0 Å². The maximum absolute atomic E-state index is 10.2. The van der Waals surface area contributed by atoms with Gasteiger partial charge in [-0.3, -0.25) is 9.79 Å². The molecule has 0 unspecified atom stereocenters. The van der Waals surface area contributed by atoms with Gasteiger partial charge in [-0.1, -0.05) is 0 Å². The van der Waals surface area contributed by atoms with Gasteiger partial charge in [0.1, 0.15) is 0 Å². The van der Waals surface area contributed by atoms with Gasteiger partial charge in [0.15, 0.2) is 5.78 Å². The van der Waals surface area contributed by atoms with Crippen molar-refractivity contribution in [3.05, 3.63) is 0 Å². The summed E-state index contributed by atoms with van der Waals surface area (Å²) in [6.07, 6.45) is 1.35. The third-order valence-electron chi connectivity index (χ3n) is 0.554. The molecule has 0 aliphatic rings. The van der Waals surface area contributed by atoms with Gasteiger partial charge in [-0.2, -0.15) is 0 Å². The fourth-order valence-corrected chi connectivity index (χ4v) is 0.254. The number of carbonyl (C=O) groups is 1. The lowest BCUT2D eigenvalue weighted by Crippen LogP contribution is -1.95. The summed E-state index contributed by atoms with van der Waals surface area (Å²) in [7, 11) is 0. The topological polar surface area (TPSA) is 29.4 Å². The Balaban J connectivity index is 3.50. The van der Waals surface area contributed by atoms with E-state index in [1.54, 1.807) is 0 Å². The molecular weight excluding hydrogens is 102 g/mol. The molecule has 0 N–H and O–H groups in total. The first kappa shape index (κ1) is 7.34. The van der Waals surface area contributed by atoms with Gasteiger partial charge in [-0.15, -0.1) is 0 Å². The van der Waals surface area contributed by atoms with E-state index >= 15 is 0 Å². The highest BCUT2D eigenvalue weighted by molar-refractivity contribution is 6.26. The van der Waals surface area contributed by atoms with Gasteiger partial charge in [0, 0.05) is 13.0 Å². The largest absolute Gasteiger partial charge is 0.293 e. The number of hydrogen-bond acceptors (Lipinski definition) is 2. The lowest BCUT2D eigenvalue weighted by atomic mass is 10.4. The summed E-state index contributed by atoms with van der Waals surface area (Å²) in [5.74, 6) is 0.0127. The van der Waals surface area contributed by atoms with Crippen molar-refractivity contribution >= 4 is 12.0 Å². The summed E-state index contributed by atoms with van der Waals surface area (Å²) in [6, 6.07) is 0.235. The fraction of sp³-hybridized carbons (Fsp3) is 0.667. The molecule has 46 valence electrons. The lowest BCUT2D eigenvalue weighted by Gasteiger charge is -1.89. The molecule has 0 amide bonds. The highest BCUT2D eigenvalue weighted by Gasteiger charge is 1.84. The van der Waals surface area contributed by atoms with E-state index in [0.29, 0.717) is 0 Å². The first-order chi connectivity index (χ1) is 3.63. The number of Topliss-reactive ketones (excluding diaryl/α,β-unsaturated/α-hetero) is 1. The minimum atomic E-state index is 0.0127. The number of rotatable bonds is 2. The highest BCUT2D eigenvalue weighted by atomic mass is 16.1. The van der Waals surface area contributed by atoms with Crippen LogP contribution in [0.15, 0.2) is 4.99 Å². The predicted octanol–water partition coefficient (Wildman–Crippen LogP) is 1.05. The monoisotopic (exact) mass is 113 g/mol. The molecule has 0 radical (unpaired) electrons. The number of nitrogens with zero attached hydrogens (tertiary/aromatic N) is 1. The van der Waals surface area contributed by atoms with E-state index in [0.717, 1.165) is 0 Å². The molecule has 0 bridgehead atoms.